The predicted molar refractivity (Wildman–Crippen MR) is 200 cm³/mol. The van der Waals surface area contributed by atoms with Gasteiger partial charge in [0, 0.05) is 32.0 Å². The van der Waals surface area contributed by atoms with Crippen LogP contribution in [0, 0.1) is 5.92 Å². The third-order valence-electron chi connectivity index (χ3n) is 11.6. The number of fused-ring (bicyclic) bond motifs is 3. The van der Waals surface area contributed by atoms with E-state index in [1.165, 1.54) is 6.42 Å². The van der Waals surface area contributed by atoms with Crippen LogP contribution >= 0.6 is 0 Å². The summed E-state index contributed by atoms with van der Waals surface area (Å²) < 4.78 is 17.3. The Morgan fingerprint density at radius 3 is 2.54 bits per heavy atom. The fraction of sp³-hybridized carbons (Fsp3) is 0.700. The molecule has 1 saturated carbocycles. The Labute approximate surface area is 318 Å². The van der Waals surface area contributed by atoms with Gasteiger partial charge in [-0.25, -0.2) is 14.4 Å². The maximum atomic E-state index is 14.2. The van der Waals surface area contributed by atoms with Crippen molar-refractivity contribution in [2.75, 3.05) is 39.8 Å². The summed E-state index contributed by atoms with van der Waals surface area (Å²) in [6, 6.07) is 3.91. The molecule has 14 heteroatoms. The lowest BCUT2D eigenvalue weighted by Gasteiger charge is -2.40. The van der Waals surface area contributed by atoms with Gasteiger partial charge in [-0.15, -0.1) is 0 Å². The normalized spacial score (nSPS) is 31.1. The van der Waals surface area contributed by atoms with E-state index in [-0.39, 0.29) is 31.3 Å². The first-order chi connectivity index (χ1) is 25.8. The van der Waals surface area contributed by atoms with Crippen molar-refractivity contribution in [1.82, 2.24) is 25.3 Å². The number of carboxylic acids is 1. The molecule has 7 atom stereocenters. The molecule has 4 N–H and O–H groups in total. The molecule has 1 aliphatic carbocycles. The number of allylic oxidation sites excluding steroid dienone is 1. The number of carbonyl (C=O) groups excluding carboxylic acids is 3. The van der Waals surface area contributed by atoms with Crippen molar-refractivity contribution >= 4 is 24.1 Å². The summed E-state index contributed by atoms with van der Waals surface area (Å²) in [5.41, 5.74) is -0.0218. The molecule has 298 valence electrons. The molecule has 0 aromatic heterocycles. The van der Waals surface area contributed by atoms with Gasteiger partial charge < -0.3 is 40.0 Å². The molecule has 54 heavy (non-hydrogen) atoms. The van der Waals surface area contributed by atoms with Gasteiger partial charge in [-0.2, -0.15) is 0 Å². The van der Waals surface area contributed by atoms with Gasteiger partial charge in [0.05, 0.1) is 25.2 Å². The first kappa shape index (κ1) is 39.8. The summed E-state index contributed by atoms with van der Waals surface area (Å²) in [4.78, 5) is 59.6. The Kier molecular flexibility index (Phi) is 12.4. The predicted octanol–water partition coefficient (Wildman–Crippen LogP) is 4.35. The molecule has 0 spiro atoms. The summed E-state index contributed by atoms with van der Waals surface area (Å²) in [5, 5.41) is 27.8. The largest absolute Gasteiger partial charge is 0.497 e. The maximum absolute atomic E-state index is 14.2. The molecule has 3 fully saturated rings. The van der Waals surface area contributed by atoms with Gasteiger partial charge in [-0.05, 0) is 102 Å². The minimum absolute atomic E-state index is 0.0132. The van der Waals surface area contributed by atoms with Crippen LogP contribution in [0.25, 0.3) is 0 Å². The topological polar surface area (TPSA) is 170 Å². The Bertz CT molecular complexity index is 1560. The number of aliphatic hydroxyl groups is 1. The Hall–Kier alpha value is -3.88. The number of piperidine rings is 1. The zero-order valence-electron chi connectivity index (χ0n) is 32.3. The van der Waals surface area contributed by atoms with Crippen LogP contribution < -0.4 is 15.4 Å². The number of hydrogen-bond donors (Lipinski definition) is 4. The standard InChI is InChI=1S/C40H59N5O9/c1-39(2,3)54-37(50)41-31-14-10-7-5-6-9-13-27-23-40(27,36(48)49)42-34(46)32-22-29(24-45(32)35(31)47)53-38(51)44-20-17-26-21-28(52-4)15-16-30(26)33(44)25-43-18-11-8-12-19-43/h9,13,15-16,21,27,29,31-33,35,47H,5-8,10-12,14,17-20,22-25H2,1-4H3,(H,41,50)(H,42,46)(H,48,49)/t27-,29-,31+,32+,33?,35?,40-/m1/s1. The van der Waals surface area contributed by atoms with Crippen molar-refractivity contribution in [3.63, 3.8) is 0 Å². The van der Waals surface area contributed by atoms with Crippen molar-refractivity contribution in [3.05, 3.63) is 41.5 Å². The van der Waals surface area contributed by atoms with Crippen LogP contribution in [-0.2, 0) is 25.5 Å². The number of alkyl carbamates (subject to hydrolysis) is 1. The van der Waals surface area contributed by atoms with E-state index in [0.717, 1.165) is 62.1 Å². The number of aliphatic hydroxyl groups excluding tert-OH is 1. The first-order valence-electron chi connectivity index (χ1n) is 19.8. The Morgan fingerprint density at radius 2 is 1.81 bits per heavy atom. The number of ether oxygens (including phenoxy) is 3. The number of aliphatic carboxylic acids is 1. The number of nitrogens with one attached hydrogen (secondary N) is 2. The highest BCUT2D eigenvalue weighted by Gasteiger charge is 2.61. The van der Waals surface area contributed by atoms with Crippen LogP contribution in [0.4, 0.5) is 9.59 Å². The van der Waals surface area contributed by atoms with Crippen molar-refractivity contribution in [2.24, 2.45) is 5.92 Å². The van der Waals surface area contributed by atoms with Crippen molar-refractivity contribution < 1.29 is 43.6 Å². The highest BCUT2D eigenvalue weighted by molar-refractivity contribution is 5.93. The third kappa shape index (κ3) is 9.31. The molecule has 2 unspecified atom stereocenters. The fourth-order valence-corrected chi connectivity index (χ4v) is 8.60. The molecular formula is C40H59N5O9. The van der Waals surface area contributed by atoms with Crippen LogP contribution in [0.3, 0.4) is 0 Å². The van der Waals surface area contributed by atoms with E-state index in [4.69, 9.17) is 14.2 Å². The lowest BCUT2D eigenvalue weighted by atomic mass is 9.91. The van der Waals surface area contributed by atoms with E-state index in [0.29, 0.717) is 32.4 Å². The minimum atomic E-state index is -1.45. The number of methoxy groups -OCH3 is 1. The van der Waals surface area contributed by atoms with E-state index in [1.807, 2.05) is 30.4 Å². The number of carboxylic acid groups (broad SMARTS) is 1. The molecule has 2 saturated heterocycles. The van der Waals surface area contributed by atoms with Crippen LogP contribution in [-0.4, -0.2) is 124 Å². The van der Waals surface area contributed by atoms with Gasteiger partial charge in [0.1, 0.15) is 29.2 Å². The number of carbonyl (C=O) groups is 4. The molecule has 0 bridgehead atoms. The second-order valence-corrected chi connectivity index (χ2v) is 16.6. The fourth-order valence-electron chi connectivity index (χ4n) is 8.60. The van der Waals surface area contributed by atoms with Gasteiger partial charge in [-0.3, -0.25) is 14.6 Å². The highest BCUT2D eigenvalue weighted by atomic mass is 16.6. The number of rotatable bonds is 6. The number of hydrogen-bond acceptors (Lipinski definition) is 10. The summed E-state index contributed by atoms with van der Waals surface area (Å²) in [6.07, 6.45) is 8.41. The molecule has 0 radical (unpaired) electrons. The second-order valence-electron chi connectivity index (χ2n) is 16.6. The Balaban J connectivity index is 1.24. The lowest BCUT2D eigenvalue weighted by molar-refractivity contribution is -0.145. The van der Waals surface area contributed by atoms with E-state index in [1.54, 1.807) is 37.7 Å². The number of likely N-dealkylation sites (tertiary alicyclic amines) is 1. The molecule has 4 aliphatic heterocycles. The van der Waals surface area contributed by atoms with E-state index >= 15 is 0 Å². The van der Waals surface area contributed by atoms with Crippen LogP contribution in [0.15, 0.2) is 30.4 Å². The van der Waals surface area contributed by atoms with E-state index < -0.39 is 59.6 Å². The summed E-state index contributed by atoms with van der Waals surface area (Å²) in [7, 11) is 1.64. The molecule has 3 amide bonds. The zero-order valence-corrected chi connectivity index (χ0v) is 32.3. The summed E-state index contributed by atoms with van der Waals surface area (Å²) in [6.45, 7) is 8.31. The summed E-state index contributed by atoms with van der Waals surface area (Å²) >= 11 is 0. The quantitative estimate of drug-likeness (QED) is 0.305. The number of nitrogens with zero attached hydrogens (tertiary/aromatic N) is 3. The van der Waals surface area contributed by atoms with Crippen molar-refractivity contribution in [2.45, 2.75) is 133 Å². The summed E-state index contributed by atoms with van der Waals surface area (Å²) in [5.74, 6) is -1.26. The molecular weight excluding hydrogens is 694 g/mol. The first-order valence-corrected chi connectivity index (χ1v) is 19.8. The van der Waals surface area contributed by atoms with Gasteiger partial charge in [0.2, 0.25) is 5.91 Å². The van der Waals surface area contributed by atoms with Crippen LogP contribution in [0.1, 0.15) is 102 Å². The van der Waals surface area contributed by atoms with E-state index in [2.05, 4.69) is 15.5 Å². The molecule has 14 nitrogen and oxygen atoms in total. The van der Waals surface area contributed by atoms with Crippen LogP contribution in [0.2, 0.25) is 0 Å². The zero-order chi connectivity index (χ0) is 38.6. The molecule has 1 aromatic rings. The second kappa shape index (κ2) is 16.9. The SMILES string of the molecule is COc1ccc2c(c1)CCN(C(=O)O[C@@H]1C[C@H]3C(=O)N[C@]4(C(=O)O)C[C@H]4C=CCCCCC[C@H](NC(=O)OC(C)(C)C)C(O)N3C1)C2CN1CCCCC1. The third-order valence-corrected chi connectivity index (χ3v) is 11.6. The Morgan fingerprint density at radius 1 is 1.06 bits per heavy atom. The van der Waals surface area contributed by atoms with Gasteiger partial charge >= 0.3 is 18.2 Å². The smallest absolute Gasteiger partial charge is 0.410 e. The highest BCUT2D eigenvalue weighted by Crippen LogP contribution is 2.45. The van der Waals surface area contributed by atoms with Gasteiger partial charge in [0.25, 0.3) is 0 Å². The minimum Gasteiger partial charge on any atom is -0.497 e. The van der Waals surface area contributed by atoms with Crippen molar-refractivity contribution in [3.8, 4) is 5.75 Å². The molecule has 1 aromatic carbocycles. The lowest BCUT2D eigenvalue weighted by Crippen LogP contribution is -2.58. The molecule has 5 aliphatic rings. The van der Waals surface area contributed by atoms with Crippen LogP contribution in [0.5, 0.6) is 5.75 Å². The monoisotopic (exact) mass is 753 g/mol. The number of benzene rings is 1. The van der Waals surface area contributed by atoms with E-state index in [9.17, 15) is 29.4 Å². The van der Waals surface area contributed by atoms with Gasteiger partial charge in [-0.1, -0.05) is 37.5 Å². The van der Waals surface area contributed by atoms with Crippen molar-refractivity contribution in [1.29, 1.82) is 0 Å². The maximum Gasteiger partial charge on any atom is 0.410 e. The average Bonchev–Trinajstić information content (AvgIpc) is 3.67. The molecule has 6 rings (SSSR count). The average molecular weight is 754 g/mol. The van der Waals surface area contributed by atoms with Gasteiger partial charge in [0.15, 0.2) is 0 Å². The molecule has 4 heterocycles. The number of amides is 3.